The normalized spacial score (nSPS) is 12.6. The topological polar surface area (TPSA) is 38.7 Å². The van der Waals surface area contributed by atoms with Crippen LogP contribution < -0.4 is 0 Å². The van der Waals surface area contributed by atoms with Gasteiger partial charge in [0.15, 0.2) is 0 Å². The van der Waals surface area contributed by atoms with Gasteiger partial charge in [-0.3, -0.25) is 0 Å². The number of ether oxygens (including phenoxy) is 2. The molecular weight excluding hydrogens is 312 g/mol. The van der Waals surface area contributed by atoms with Crippen LogP contribution in [-0.4, -0.2) is 29.5 Å². The Kier molecular flexibility index (Phi) is 8.95. The average Bonchev–Trinajstić information content (AvgIpc) is 2.51. The molecule has 0 saturated carbocycles. The molecule has 1 aromatic rings. The Hall–Kier alpha value is -1.06. The summed E-state index contributed by atoms with van der Waals surface area (Å²) < 4.78 is 12.1. The number of rotatable bonds is 12. The molecule has 0 saturated heterocycles. The lowest BCUT2D eigenvalue weighted by atomic mass is 9.88. The highest BCUT2D eigenvalue weighted by Gasteiger charge is 2.26. The molecule has 3 heteroatoms. The molecule has 0 aliphatic carbocycles. The van der Waals surface area contributed by atoms with Crippen molar-refractivity contribution in [3.8, 4) is 5.75 Å². The van der Waals surface area contributed by atoms with Gasteiger partial charge in [0.25, 0.3) is 0 Å². The second-order valence-electron chi connectivity index (χ2n) is 8.19. The van der Waals surface area contributed by atoms with Gasteiger partial charge in [0.1, 0.15) is 5.75 Å². The van der Waals surface area contributed by atoms with E-state index in [-0.39, 0.29) is 11.2 Å². The van der Waals surface area contributed by atoms with Crippen molar-refractivity contribution in [2.24, 2.45) is 0 Å². The van der Waals surface area contributed by atoms with Crippen LogP contribution in [0.4, 0.5) is 0 Å². The van der Waals surface area contributed by atoms with Crippen molar-refractivity contribution in [2.75, 3.05) is 13.2 Å². The number of phenolic OH excluding ortho intramolecular Hbond substituents is 1. The van der Waals surface area contributed by atoms with E-state index >= 15 is 0 Å². The van der Waals surface area contributed by atoms with Crippen LogP contribution in [-0.2, 0) is 22.3 Å². The van der Waals surface area contributed by atoms with Crippen molar-refractivity contribution >= 4 is 0 Å². The van der Waals surface area contributed by atoms with Gasteiger partial charge in [-0.05, 0) is 57.7 Å². The molecule has 3 nitrogen and oxygen atoms in total. The molecule has 0 atom stereocenters. The highest BCUT2D eigenvalue weighted by atomic mass is 16.5. The molecule has 0 amide bonds. The summed E-state index contributed by atoms with van der Waals surface area (Å²) >= 11 is 0. The maximum absolute atomic E-state index is 10.4. The average molecular weight is 351 g/mol. The molecule has 0 bridgehead atoms. The summed E-state index contributed by atoms with van der Waals surface area (Å²) in [6, 6.07) is 5.79. The first-order valence-electron chi connectivity index (χ1n) is 9.78. The molecule has 0 spiro atoms. The minimum Gasteiger partial charge on any atom is -0.508 e. The lowest BCUT2D eigenvalue weighted by Gasteiger charge is -2.30. The quantitative estimate of drug-likeness (QED) is 0.494. The van der Waals surface area contributed by atoms with Crippen LogP contribution in [0.5, 0.6) is 5.75 Å². The third kappa shape index (κ3) is 8.24. The lowest BCUT2D eigenvalue weighted by Crippen LogP contribution is -2.31. The smallest absolute Gasteiger partial charge is 0.119 e. The molecule has 144 valence electrons. The molecule has 0 heterocycles. The molecule has 0 unspecified atom stereocenters. The van der Waals surface area contributed by atoms with Gasteiger partial charge in [0.2, 0.25) is 0 Å². The molecule has 0 aliphatic heterocycles. The molecular formula is C22H38O3. The van der Waals surface area contributed by atoms with Gasteiger partial charge in [0.05, 0.1) is 11.2 Å². The van der Waals surface area contributed by atoms with Crippen LogP contribution in [0, 0.1) is 0 Å². The van der Waals surface area contributed by atoms with E-state index in [9.17, 15) is 5.11 Å². The standard InChI is InChI=1S/C22H38O3/c1-7-9-14-24-21(3,4)16-18-12-11-13-20(23)19(18)17-22(5,6)25-15-10-8-2/h11-13,23H,7-10,14-17H2,1-6H3. The summed E-state index contributed by atoms with van der Waals surface area (Å²) in [7, 11) is 0. The fourth-order valence-electron chi connectivity index (χ4n) is 2.96. The van der Waals surface area contributed by atoms with Gasteiger partial charge in [0, 0.05) is 26.1 Å². The number of aromatic hydroxyl groups is 1. The van der Waals surface area contributed by atoms with E-state index < -0.39 is 0 Å². The fraction of sp³-hybridized carbons (Fsp3) is 0.727. The van der Waals surface area contributed by atoms with Crippen LogP contribution in [0.1, 0.15) is 78.4 Å². The van der Waals surface area contributed by atoms with Gasteiger partial charge in [-0.1, -0.05) is 38.8 Å². The summed E-state index contributed by atoms with van der Waals surface area (Å²) in [6.45, 7) is 14.3. The zero-order valence-electron chi connectivity index (χ0n) is 17.2. The highest BCUT2D eigenvalue weighted by molar-refractivity contribution is 5.41. The van der Waals surface area contributed by atoms with Crippen LogP contribution >= 0.6 is 0 Å². The Labute approximate surface area is 154 Å². The molecule has 0 radical (unpaired) electrons. The Morgan fingerprint density at radius 1 is 0.840 bits per heavy atom. The van der Waals surface area contributed by atoms with Crippen LogP contribution in [0.2, 0.25) is 0 Å². The van der Waals surface area contributed by atoms with Gasteiger partial charge >= 0.3 is 0 Å². The van der Waals surface area contributed by atoms with Crippen molar-refractivity contribution in [2.45, 2.75) is 91.3 Å². The van der Waals surface area contributed by atoms with Crippen molar-refractivity contribution in [3.05, 3.63) is 29.3 Å². The van der Waals surface area contributed by atoms with Gasteiger partial charge in [-0.15, -0.1) is 0 Å². The Bertz CT molecular complexity index is 506. The van der Waals surface area contributed by atoms with Crippen molar-refractivity contribution in [3.63, 3.8) is 0 Å². The molecule has 1 rings (SSSR count). The second kappa shape index (κ2) is 10.2. The first-order chi connectivity index (χ1) is 11.7. The fourth-order valence-corrected chi connectivity index (χ4v) is 2.96. The zero-order valence-corrected chi connectivity index (χ0v) is 17.2. The molecule has 25 heavy (non-hydrogen) atoms. The minimum atomic E-state index is -0.296. The van der Waals surface area contributed by atoms with E-state index in [4.69, 9.17) is 9.47 Å². The predicted octanol–water partition coefficient (Wildman–Crippen LogP) is 5.67. The molecule has 1 N–H and O–H groups in total. The van der Waals surface area contributed by atoms with E-state index in [1.54, 1.807) is 6.07 Å². The van der Waals surface area contributed by atoms with E-state index in [1.807, 2.05) is 6.07 Å². The predicted molar refractivity (Wildman–Crippen MR) is 105 cm³/mol. The van der Waals surface area contributed by atoms with E-state index in [0.29, 0.717) is 12.2 Å². The minimum absolute atomic E-state index is 0.245. The summed E-state index contributed by atoms with van der Waals surface area (Å²) in [4.78, 5) is 0. The third-order valence-corrected chi connectivity index (χ3v) is 4.45. The first kappa shape index (κ1) is 22.0. The van der Waals surface area contributed by atoms with Crippen molar-refractivity contribution in [1.29, 1.82) is 0 Å². The molecule has 0 fully saturated rings. The summed E-state index contributed by atoms with van der Waals surface area (Å²) in [6.07, 6.45) is 5.89. The highest BCUT2D eigenvalue weighted by Crippen LogP contribution is 2.30. The van der Waals surface area contributed by atoms with Gasteiger partial charge in [-0.25, -0.2) is 0 Å². The Morgan fingerprint density at radius 3 is 1.88 bits per heavy atom. The van der Waals surface area contributed by atoms with Crippen LogP contribution in [0.15, 0.2) is 18.2 Å². The second-order valence-corrected chi connectivity index (χ2v) is 8.19. The number of phenols is 1. The lowest BCUT2D eigenvalue weighted by molar-refractivity contribution is -0.0226. The number of hydrogen-bond acceptors (Lipinski definition) is 3. The summed E-state index contributed by atoms with van der Waals surface area (Å²) in [5, 5.41) is 10.4. The Balaban J connectivity index is 2.86. The monoisotopic (exact) mass is 350 g/mol. The summed E-state index contributed by atoms with van der Waals surface area (Å²) in [5.74, 6) is 0.356. The van der Waals surface area contributed by atoms with Crippen molar-refractivity contribution < 1.29 is 14.6 Å². The molecule has 0 aliphatic rings. The molecule has 0 aromatic heterocycles. The number of hydrogen-bond donors (Lipinski definition) is 1. The molecule has 1 aromatic carbocycles. The number of benzene rings is 1. The van der Waals surface area contributed by atoms with Crippen LogP contribution in [0.3, 0.4) is 0 Å². The zero-order chi connectivity index (χ0) is 18.9. The van der Waals surface area contributed by atoms with E-state index in [2.05, 4.69) is 47.6 Å². The third-order valence-electron chi connectivity index (χ3n) is 4.45. The first-order valence-corrected chi connectivity index (χ1v) is 9.78. The van der Waals surface area contributed by atoms with Crippen LogP contribution in [0.25, 0.3) is 0 Å². The summed E-state index contributed by atoms with van der Waals surface area (Å²) in [5.41, 5.74) is 1.59. The Morgan fingerprint density at radius 2 is 1.36 bits per heavy atom. The number of unbranched alkanes of at least 4 members (excludes halogenated alkanes) is 2. The van der Waals surface area contributed by atoms with Crippen molar-refractivity contribution in [1.82, 2.24) is 0 Å². The SMILES string of the molecule is CCCCOC(C)(C)Cc1cccc(O)c1CC(C)(C)OCCCC. The van der Waals surface area contributed by atoms with E-state index in [0.717, 1.165) is 56.4 Å². The largest absolute Gasteiger partial charge is 0.508 e. The van der Waals surface area contributed by atoms with Gasteiger partial charge < -0.3 is 14.6 Å². The maximum Gasteiger partial charge on any atom is 0.119 e. The van der Waals surface area contributed by atoms with E-state index in [1.165, 1.54) is 0 Å². The van der Waals surface area contributed by atoms with Gasteiger partial charge in [-0.2, -0.15) is 0 Å². The maximum atomic E-state index is 10.4.